The Balaban J connectivity index is 2.24. The fraction of sp³-hybridized carbons (Fsp3) is 0.400. The average Bonchev–Trinajstić information content (AvgIpc) is 2.87. The van der Waals surface area contributed by atoms with E-state index in [4.69, 9.17) is 4.74 Å². The van der Waals surface area contributed by atoms with Gasteiger partial charge >= 0.3 is 0 Å². The van der Waals surface area contributed by atoms with Gasteiger partial charge in [-0.1, -0.05) is 19.1 Å². The van der Waals surface area contributed by atoms with Crippen molar-refractivity contribution >= 4 is 0 Å². The third-order valence-electron chi connectivity index (χ3n) is 3.23. The first-order valence-electron chi connectivity index (χ1n) is 6.70. The normalized spacial score (nSPS) is 12.4. The van der Waals surface area contributed by atoms with Crippen molar-refractivity contribution in [2.75, 3.05) is 13.7 Å². The van der Waals surface area contributed by atoms with E-state index in [0.717, 1.165) is 12.2 Å². The second-order valence-corrected chi connectivity index (χ2v) is 4.66. The average molecular weight is 277 g/mol. The van der Waals surface area contributed by atoms with Crippen LogP contribution in [0.1, 0.15) is 24.2 Å². The van der Waals surface area contributed by atoms with Gasteiger partial charge in [0.05, 0.1) is 18.8 Å². The number of rotatable bonds is 6. The molecule has 0 aliphatic carbocycles. The molecule has 1 aromatic carbocycles. The van der Waals surface area contributed by atoms with E-state index in [1.165, 1.54) is 7.11 Å². The van der Waals surface area contributed by atoms with Crippen molar-refractivity contribution in [3.63, 3.8) is 0 Å². The maximum atomic E-state index is 14.2. The number of nitrogens with zero attached hydrogens (tertiary/aromatic N) is 2. The lowest BCUT2D eigenvalue weighted by Crippen LogP contribution is -2.24. The molecule has 0 bridgehead atoms. The second-order valence-electron chi connectivity index (χ2n) is 4.66. The summed E-state index contributed by atoms with van der Waals surface area (Å²) in [7, 11) is 3.35. The molecule has 1 aromatic heterocycles. The van der Waals surface area contributed by atoms with Gasteiger partial charge in [-0.25, -0.2) is 4.39 Å². The van der Waals surface area contributed by atoms with Crippen molar-refractivity contribution in [3.05, 3.63) is 47.5 Å². The Kier molecular flexibility index (Phi) is 4.74. The van der Waals surface area contributed by atoms with Crippen molar-refractivity contribution in [1.29, 1.82) is 0 Å². The maximum absolute atomic E-state index is 14.2. The lowest BCUT2D eigenvalue weighted by Gasteiger charge is -2.17. The zero-order valence-corrected chi connectivity index (χ0v) is 12.1. The summed E-state index contributed by atoms with van der Waals surface area (Å²) in [5.41, 5.74) is 1.54. The van der Waals surface area contributed by atoms with Gasteiger partial charge in [-0.15, -0.1) is 0 Å². The summed E-state index contributed by atoms with van der Waals surface area (Å²) in [5.74, 6) is -0.0207. The molecule has 1 N–H and O–H groups in total. The lowest BCUT2D eigenvalue weighted by molar-refractivity contribution is 0.382. The number of halogens is 1. The quantitative estimate of drug-likeness (QED) is 0.881. The summed E-state index contributed by atoms with van der Waals surface area (Å²) < 4.78 is 21.0. The van der Waals surface area contributed by atoms with E-state index < -0.39 is 0 Å². The van der Waals surface area contributed by atoms with E-state index in [0.29, 0.717) is 12.0 Å². The Morgan fingerprint density at radius 1 is 1.40 bits per heavy atom. The van der Waals surface area contributed by atoms with Crippen LogP contribution in [0.2, 0.25) is 0 Å². The predicted molar refractivity (Wildman–Crippen MR) is 76.3 cm³/mol. The van der Waals surface area contributed by atoms with Gasteiger partial charge in [0.2, 0.25) is 0 Å². The van der Waals surface area contributed by atoms with Gasteiger partial charge in [-0.05, 0) is 30.7 Å². The molecule has 0 aliphatic rings. The third-order valence-corrected chi connectivity index (χ3v) is 3.23. The zero-order valence-electron chi connectivity index (χ0n) is 12.1. The highest BCUT2D eigenvalue weighted by Gasteiger charge is 2.17. The molecule has 0 radical (unpaired) electrons. The number of aromatic nitrogens is 2. The first-order valence-corrected chi connectivity index (χ1v) is 6.70. The predicted octanol–water partition coefficient (Wildman–Crippen LogP) is 2.46. The lowest BCUT2D eigenvalue weighted by atomic mass is 10.0. The molecule has 0 aliphatic heterocycles. The largest absolute Gasteiger partial charge is 0.494 e. The highest BCUT2D eigenvalue weighted by molar-refractivity contribution is 5.32. The van der Waals surface area contributed by atoms with Gasteiger partial charge < -0.3 is 10.1 Å². The van der Waals surface area contributed by atoms with Crippen molar-refractivity contribution in [2.45, 2.75) is 19.4 Å². The number of nitrogens with one attached hydrogen (secondary N) is 1. The number of ether oxygens (including phenoxy) is 1. The molecule has 0 spiro atoms. The zero-order chi connectivity index (χ0) is 14.5. The molecule has 4 nitrogen and oxygen atoms in total. The van der Waals surface area contributed by atoms with Gasteiger partial charge in [0.25, 0.3) is 0 Å². The van der Waals surface area contributed by atoms with E-state index in [2.05, 4.69) is 10.4 Å². The summed E-state index contributed by atoms with van der Waals surface area (Å²) in [5, 5.41) is 7.74. The number of hydrogen-bond acceptors (Lipinski definition) is 3. The minimum atomic E-state index is -0.297. The smallest absolute Gasteiger partial charge is 0.168 e. The van der Waals surface area contributed by atoms with Crippen molar-refractivity contribution < 1.29 is 9.13 Å². The van der Waals surface area contributed by atoms with Gasteiger partial charge in [-0.3, -0.25) is 4.68 Å². The Morgan fingerprint density at radius 2 is 2.20 bits per heavy atom. The van der Waals surface area contributed by atoms with Crippen LogP contribution in [0.3, 0.4) is 0 Å². The van der Waals surface area contributed by atoms with E-state index in [1.54, 1.807) is 22.9 Å². The van der Waals surface area contributed by atoms with E-state index in [1.807, 2.05) is 26.2 Å². The van der Waals surface area contributed by atoms with E-state index >= 15 is 0 Å². The molecule has 20 heavy (non-hydrogen) atoms. The Morgan fingerprint density at radius 3 is 2.80 bits per heavy atom. The monoisotopic (exact) mass is 277 g/mol. The van der Waals surface area contributed by atoms with Gasteiger partial charge in [0.15, 0.2) is 11.6 Å². The fourth-order valence-electron chi connectivity index (χ4n) is 2.24. The molecule has 1 atom stereocenters. The van der Waals surface area contributed by atoms with Crippen LogP contribution in [0.25, 0.3) is 0 Å². The van der Waals surface area contributed by atoms with Gasteiger partial charge in [0.1, 0.15) is 0 Å². The number of likely N-dealkylation sites (N-methyl/N-ethyl adjacent to an activating group) is 1. The molecule has 0 fully saturated rings. The summed E-state index contributed by atoms with van der Waals surface area (Å²) in [6.45, 7) is 2.82. The summed E-state index contributed by atoms with van der Waals surface area (Å²) in [4.78, 5) is 0. The molecular formula is C15H20FN3O. The molecule has 2 rings (SSSR count). The third kappa shape index (κ3) is 3.17. The van der Waals surface area contributed by atoms with Crippen LogP contribution in [0.15, 0.2) is 30.5 Å². The SMILES string of the molecule is CCNC(Cc1cccc(OC)c1F)c1ccn(C)n1. The van der Waals surface area contributed by atoms with Crippen LogP contribution in [0, 0.1) is 5.82 Å². The Labute approximate surface area is 118 Å². The molecule has 0 saturated heterocycles. The molecule has 108 valence electrons. The number of benzene rings is 1. The molecule has 0 amide bonds. The summed E-state index contributed by atoms with van der Waals surface area (Å²) in [6, 6.07) is 7.15. The molecule has 2 aromatic rings. The maximum Gasteiger partial charge on any atom is 0.168 e. The summed E-state index contributed by atoms with van der Waals surface area (Å²) in [6.07, 6.45) is 2.43. The highest BCUT2D eigenvalue weighted by atomic mass is 19.1. The molecule has 0 saturated carbocycles. The molecule has 1 unspecified atom stereocenters. The topological polar surface area (TPSA) is 39.1 Å². The Hall–Kier alpha value is -1.88. The van der Waals surface area contributed by atoms with Crippen LogP contribution >= 0.6 is 0 Å². The first-order chi connectivity index (χ1) is 9.65. The van der Waals surface area contributed by atoms with Crippen LogP contribution in [0.5, 0.6) is 5.75 Å². The minimum absolute atomic E-state index is 0.0113. The molecule has 5 heteroatoms. The molecule has 1 heterocycles. The van der Waals surface area contributed by atoms with Crippen molar-refractivity contribution in [3.8, 4) is 5.75 Å². The fourth-order valence-corrected chi connectivity index (χ4v) is 2.24. The number of methoxy groups -OCH3 is 1. The first kappa shape index (κ1) is 14.5. The van der Waals surface area contributed by atoms with Crippen LogP contribution in [0.4, 0.5) is 4.39 Å². The van der Waals surface area contributed by atoms with Crippen LogP contribution < -0.4 is 10.1 Å². The standard InChI is InChI=1S/C15H20FN3O/c1-4-17-13(12-8-9-19(2)18-12)10-11-6-5-7-14(20-3)15(11)16/h5-9,13,17H,4,10H2,1-3H3. The summed E-state index contributed by atoms with van der Waals surface area (Å²) >= 11 is 0. The van der Waals surface area contributed by atoms with Crippen LogP contribution in [-0.4, -0.2) is 23.4 Å². The highest BCUT2D eigenvalue weighted by Crippen LogP contribution is 2.24. The minimum Gasteiger partial charge on any atom is -0.494 e. The van der Waals surface area contributed by atoms with Crippen molar-refractivity contribution in [1.82, 2.24) is 15.1 Å². The second kappa shape index (κ2) is 6.52. The molecular weight excluding hydrogens is 257 g/mol. The number of aryl methyl sites for hydroxylation is 1. The Bertz CT molecular complexity index is 568. The number of hydrogen-bond donors (Lipinski definition) is 1. The van der Waals surface area contributed by atoms with Gasteiger partial charge in [-0.2, -0.15) is 5.10 Å². The van der Waals surface area contributed by atoms with Crippen molar-refractivity contribution in [2.24, 2.45) is 7.05 Å². The van der Waals surface area contributed by atoms with Gasteiger partial charge in [0, 0.05) is 13.2 Å². The van der Waals surface area contributed by atoms with Crippen LogP contribution in [-0.2, 0) is 13.5 Å². The van der Waals surface area contributed by atoms with E-state index in [9.17, 15) is 4.39 Å². The van der Waals surface area contributed by atoms with E-state index in [-0.39, 0.29) is 17.6 Å².